The van der Waals surface area contributed by atoms with Crippen molar-refractivity contribution < 1.29 is 38.1 Å². The van der Waals surface area contributed by atoms with Crippen LogP contribution in [-0.4, -0.2) is 80.5 Å². The first-order valence-electron chi connectivity index (χ1n) is 30.4. The average molecular weight is 1010 g/mol. The van der Waals surface area contributed by atoms with Crippen LogP contribution < -0.4 is 5.32 Å². The molecule has 10 heteroatoms. The fraction of sp³-hybridized carbons (Fsp3) is 0.839. The largest absolute Gasteiger partial charge is 0.462 e. The summed E-state index contributed by atoms with van der Waals surface area (Å²) >= 11 is 0. The van der Waals surface area contributed by atoms with Crippen molar-refractivity contribution >= 4 is 24.0 Å². The molecule has 0 aromatic heterocycles. The Balaban J connectivity index is 2.62. The minimum Gasteiger partial charge on any atom is -0.462 e. The van der Waals surface area contributed by atoms with Gasteiger partial charge in [0.1, 0.15) is 19.3 Å². The SMILES string of the molecule is CCCCC/C=C\C/C=C\CCCCCCCC(=O)OCC(COC(=O)CCCCCCCCCC/C=C\CCCCC)OC(=O)CCC(CCCCCCCCCCCC)OC(=O)NCC1CCCN1C. The quantitative estimate of drug-likeness (QED) is 0.0275. The van der Waals surface area contributed by atoms with Gasteiger partial charge in [-0.25, -0.2) is 4.79 Å². The molecule has 1 N–H and O–H groups in total. The molecule has 72 heavy (non-hydrogen) atoms. The second kappa shape index (κ2) is 51.4. The summed E-state index contributed by atoms with van der Waals surface area (Å²) in [5.41, 5.74) is 0. The van der Waals surface area contributed by atoms with Crippen molar-refractivity contribution in [1.82, 2.24) is 10.2 Å². The second-order valence-corrected chi connectivity index (χ2v) is 21.0. The molecule has 3 atom stereocenters. The summed E-state index contributed by atoms with van der Waals surface area (Å²) in [7, 11) is 2.08. The van der Waals surface area contributed by atoms with Crippen LogP contribution in [0, 0.1) is 0 Å². The lowest BCUT2D eigenvalue weighted by Gasteiger charge is -2.22. The third-order valence-electron chi connectivity index (χ3n) is 14.1. The van der Waals surface area contributed by atoms with Gasteiger partial charge in [0.05, 0.1) is 0 Å². The molecule has 1 fully saturated rings. The molecule has 418 valence electrons. The molecule has 1 amide bonds. The number of hydrogen-bond donors (Lipinski definition) is 1. The van der Waals surface area contributed by atoms with Gasteiger partial charge in [-0.05, 0) is 116 Å². The Hall–Kier alpha value is -3.14. The van der Waals surface area contributed by atoms with Gasteiger partial charge in [-0.2, -0.15) is 0 Å². The van der Waals surface area contributed by atoms with Gasteiger partial charge < -0.3 is 29.2 Å². The molecule has 1 aliphatic heterocycles. The molecule has 0 spiro atoms. The highest BCUT2D eigenvalue weighted by Gasteiger charge is 2.24. The molecule has 1 rings (SSSR count). The van der Waals surface area contributed by atoms with Gasteiger partial charge in [-0.1, -0.05) is 198 Å². The molecule has 10 nitrogen and oxygen atoms in total. The molecule has 0 aliphatic carbocycles. The predicted octanol–water partition coefficient (Wildman–Crippen LogP) is 17.1. The topological polar surface area (TPSA) is 120 Å². The lowest BCUT2D eigenvalue weighted by atomic mass is 10.0. The zero-order valence-corrected chi connectivity index (χ0v) is 47.2. The van der Waals surface area contributed by atoms with E-state index in [0.29, 0.717) is 38.3 Å². The monoisotopic (exact) mass is 1010 g/mol. The third kappa shape index (κ3) is 44.4. The standard InChI is InChI=1S/C62H112N2O8/c1-5-8-11-14-17-20-23-25-27-29-31-34-37-40-43-48-59(65)69-54-58(55-70-60(66)49-44-41-38-35-32-30-28-26-24-21-18-15-12-9-6-2)71-61(67)51-50-57(47-42-39-36-33-22-19-16-13-10-7-3)72-62(68)63-53-56-46-45-52-64(56)4/h17-18,20-21,25,27,56-58H,5-16,19,22-24,26,28-55H2,1-4H3,(H,63,68)/b20-17-,21-18-,27-25-. The lowest BCUT2D eigenvalue weighted by Crippen LogP contribution is -2.39. The molecular weight excluding hydrogens is 901 g/mol. The summed E-state index contributed by atoms with van der Waals surface area (Å²) < 4.78 is 23.0. The van der Waals surface area contributed by atoms with Crippen molar-refractivity contribution in [2.24, 2.45) is 0 Å². The number of esters is 3. The first-order valence-corrected chi connectivity index (χ1v) is 30.4. The Morgan fingerprint density at radius 2 is 0.889 bits per heavy atom. The number of rotatable bonds is 51. The van der Waals surface area contributed by atoms with Crippen molar-refractivity contribution in [3.63, 3.8) is 0 Å². The summed E-state index contributed by atoms with van der Waals surface area (Å²) in [4.78, 5) is 54.3. The van der Waals surface area contributed by atoms with E-state index in [4.69, 9.17) is 18.9 Å². The number of likely N-dealkylation sites (N-methyl/N-ethyl adjacent to an activating group) is 1. The van der Waals surface area contributed by atoms with Crippen LogP contribution in [0.4, 0.5) is 4.79 Å². The number of hydrogen-bond acceptors (Lipinski definition) is 9. The van der Waals surface area contributed by atoms with E-state index in [1.807, 2.05) is 0 Å². The smallest absolute Gasteiger partial charge is 0.407 e. The number of amides is 1. The molecule has 3 unspecified atom stereocenters. The van der Waals surface area contributed by atoms with Crippen LogP contribution in [0.25, 0.3) is 0 Å². The number of carbonyl (C=O) groups excluding carboxylic acids is 4. The van der Waals surface area contributed by atoms with Crippen molar-refractivity contribution in [3.05, 3.63) is 36.5 Å². The van der Waals surface area contributed by atoms with E-state index in [9.17, 15) is 19.2 Å². The molecule has 0 aromatic rings. The van der Waals surface area contributed by atoms with E-state index in [-0.39, 0.29) is 31.6 Å². The maximum atomic E-state index is 13.4. The van der Waals surface area contributed by atoms with Gasteiger partial charge in [0.25, 0.3) is 0 Å². The van der Waals surface area contributed by atoms with Crippen LogP contribution >= 0.6 is 0 Å². The highest BCUT2D eigenvalue weighted by atomic mass is 16.6. The minimum atomic E-state index is -0.917. The number of likely N-dealkylation sites (tertiary alicyclic amines) is 1. The van der Waals surface area contributed by atoms with Gasteiger partial charge in [-0.15, -0.1) is 0 Å². The van der Waals surface area contributed by atoms with Crippen molar-refractivity contribution in [3.8, 4) is 0 Å². The number of nitrogens with zero attached hydrogens (tertiary/aromatic N) is 1. The van der Waals surface area contributed by atoms with Crippen molar-refractivity contribution in [2.45, 2.75) is 302 Å². The summed E-state index contributed by atoms with van der Waals surface area (Å²) in [6.45, 7) is 7.94. The lowest BCUT2D eigenvalue weighted by molar-refractivity contribution is -0.167. The first-order chi connectivity index (χ1) is 35.3. The van der Waals surface area contributed by atoms with Gasteiger partial charge in [0, 0.05) is 31.8 Å². The Bertz CT molecular complexity index is 1370. The van der Waals surface area contributed by atoms with E-state index in [1.165, 1.54) is 135 Å². The van der Waals surface area contributed by atoms with Gasteiger partial charge in [0.15, 0.2) is 6.10 Å². The number of ether oxygens (including phenoxy) is 4. The molecule has 1 saturated heterocycles. The summed E-state index contributed by atoms with van der Waals surface area (Å²) in [5.74, 6) is -1.18. The number of alkyl carbamates (subject to hydrolysis) is 1. The predicted molar refractivity (Wildman–Crippen MR) is 300 cm³/mol. The molecule has 1 aliphatic rings. The zero-order valence-electron chi connectivity index (χ0n) is 47.2. The molecule has 0 saturated carbocycles. The number of allylic oxidation sites excluding steroid dienone is 6. The molecular formula is C62H112N2O8. The van der Waals surface area contributed by atoms with Crippen LogP contribution in [-0.2, 0) is 33.3 Å². The Kier molecular flexibility index (Phi) is 47.7. The maximum Gasteiger partial charge on any atom is 0.407 e. The number of unbranched alkanes of at least 4 members (excludes halogenated alkanes) is 28. The molecule has 0 bridgehead atoms. The Morgan fingerprint density at radius 1 is 0.472 bits per heavy atom. The molecule has 0 aromatic carbocycles. The third-order valence-corrected chi connectivity index (χ3v) is 14.1. The highest BCUT2D eigenvalue weighted by molar-refractivity contribution is 5.71. The molecule has 1 heterocycles. The zero-order chi connectivity index (χ0) is 52.2. The average Bonchev–Trinajstić information content (AvgIpc) is 3.79. The van der Waals surface area contributed by atoms with Crippen LogP contribution in [0.5, 0.6) is 0 Å². The van der Waals surface area contributed by atoms with Gasteiger partial charge >= 0.3 is 24.0 Å². The van der Waals surface area contributed by atoms with Crippen LogP contribution in [0.1, 0.15) is 284 Å². The van der Waals surface area contributed by atoms with E-state index in [2.05, 4.69) is 74.5 Å². The fourth-order valence-corrected chi connectivity index (χ4v) is 9.33. The number of carbonyl (C=O) groups is 4. The Labute approximate surface area is 442 Å². The van der Waals surface area contributed by atoms with Crippen LogP contribution in [0.15, 0.2) is 36.5 Å². The fourth-order valence-electron chi connectivity index (χ4n) is 9.33. The van der Waals surface area contributed by atoms with Crippen LogP contribution in [0.2, 0.25) is 0 Å². The van der Waals surface area contributed by atoms with Crippen molar-refractivity contribution in [1.29, 1.82) is 0 Å². The van der Waals surface area contributed by atoms with E-state index < -0.39 is 24.3 Å². The van der Waals surface area contributed by atoms with E-state index in [1.54, 1.807) is 0 Å². The first kappa shape index (κ1) is 66.9. The second-order valence-electron chi connectivity index (χ2n) is 21.0. The normalized spacial score (nSPS) is 14.9. The van der Waals surface area contributed by atoms with Gasteiger partial charge in [0.2, 0.25) is 0 Å². The summed E-state index contributed by atoms with van der Waals surface area (Å²) in [5, 5.41) is 2.96. The minimum absolute atomic E-state index is 0.0294. The van der Waals surface area contributed by atoms with Gasteiger partial charge in [-0.3, -0.25) is 14.4 Å². The summed E-state index contributed by atoms with van der Waals surface area (Å²) in [6, 6.07) is 0.302. The van der Waals surface area contributed by atoms with Crippen molar-refractivity contribution in [2.75, 3.05) is 33.4 Å². The summed E-state index contributed by atoms with van der Waals surface area (Å²) in [6.07, 6.45) is 55.2. The van der Waals surface area contributed by atoms with E-state index >= 15 is 0 Å². The highest BCUT2D eigenvalue weighted by Crippen LogP contribution is 2.19. The Morgan fingerprint density at radius 3 is 1.36 bits per heavy atom. The van der Waals surface area contributed by atoms with E-state index in [0.717, 1.165) is 103 Å². The molecule has 0 radical (unpaired) electrons. The van der Waals surface area contributed by atoms with Crippen LogP contribution in [0.3, 0.4) is 0 Å². The maximum absolute atomic E-state index is 13.4. The number of nitrogens with one attached hydrogen (secondary N) is 1.